The van der Waals surface area contributed by atoms with Crippen molar-refractivity contribution in [3.63, 3.8) is 0 Å². The van der Waals surface area contributed by atoms with Crippen LogP contribution < -0.4 is 31.3 Å². The molecule has 22 nitrogen and oxygen atoms in total. The standard InChI is InChI=1S/C61H45Cl6N7O15/c1-74-44(56(82)73-49(61(87)88)25-4-7-32(75)8-5-25)12-24-2-9-33(10-3-24)89-45-22-27-13-35(51(45)77)26-6-11-34-31(23-68-42(34)20-26)21-43(69-59(85)50(76)30-18-40(66)54(80)41(67)19-30)55(81)70-47(28-14-36(62)52(78)37(63)15-28)57(83)71-46(27)58(84)72-48(60(74)86)29-16-38(64)53(79)39(65)17-29/h2-11,13-20,22-23,43-44,46-49,68,75,77-80H,12,21H2,1H3,(H,69,85)(H,70,81)(H,71,83)(H,72,84)(H,73,82)(H,87,88)/t43-,44-,46-,47-,48-,49-/m1/s1. The number of halogens is 6. The summed E-state index contributed by atoms with van der Waals surface area (Å²) < 4.78 is 6.37. The van der Waals surface area contributed by atoms with E-state index in [9.17, 15) is 49.8 Å². The van der Waals surface area contributed by atoms with Gasteiger partial charge >= 0.3 is 5.97 Å². The summed E-state index contributed by atoms with van der Waals surface area (Å²) >= 11 is 38.0. The van der Waals surface area contributed by atoms with Crippen molar-refractivity contribution in [2.45, 2.75) is 49.1 Å². The Morgan fingerprint density at radius 2 is 1.13 bits per heavy atom. The lowest BCUT2D eigenvalue weighted by molar-refractivity contribution is -0.145. The first-order chi connectivity index (χ1) is 42.2. The van der Waals surface area contributed by atoms with E-state index in [4.69, 9.17) is 74.3 Å². The number of aromatic amines is 1. The van der Waals surface area contributed by atoms with E-state index < -0.39 is 133 Å². The van der Waals surface area contributed by atoms with E-state index in [0.29, 0.717) is 22.0 Å². The van der Waals surface area contributed by atoms with Crippen molar-refractivity contribution < 1.29 is 73.7 Å². The number of ketones is 1. The second kappa shape index (κ2) is 25.4. The number of phenols is 5. The molecule has 12 N–H and O–H groups in total. The molecular weight excluding hydrogens is 1280 g/mol. The molecule has 0 unspecified atom stereocenters. The van der Waals surface area contributed by atoms with Crippen molar-refractivity contribution in [3.05, 3.63) is 191 Å². The number of fused-ring (bicyclic) bond motifs is 15. The number of nitrogens with zero attached hydrogens (tertiary/aromatic N) is 1. The smallest absolute Gasteiger partial charge is 0.330 e. The first-order valence-electron chi connectivity index (χ1n) is 26.4. The van der Waals surface area contributed by atoms with Gasteiger partial charge in [-0.3, -0.25) is 33.6 Å². The van der Waals surface area contributed by atoms with Gasteiger partial charge in [-0.15, -0.1) is 0 Å². The number of phenolic OH excluding ortho intramolecular Hbond substituents is 5. The molecular formula is C61H45Cl6N7O15. The number of H-pyrrole nitrogens is 1. The van der Waals surface area contributed by atoms with Gasteiger partial charge in [-0.05, 0) is 118 Å². The molecule has 8 aromatic rings. The summed E-state index contributed by atoms with van der Waals surface area (Å²) in [6.45, 7) is 0. The first kappa shape index (κ1) is 62.6. The highest BCUT2D eigenvalue weighted by Gasteiger charge is 2.40. The quantitative estimate of drug-likeness (QED) is 0.0473. The number of carboxylic acid groups (broad SMARTS) is 1. The Bertz CT molecular complexity index is 4210. The lowest BCUT2D eigenvalue weighted by Gasteiger charge is -2.33. The number of rotatable bonds is 9. The monoisotopic (exact) mass is 1330 g/mol. The van der Waals surface area contributed by atoms with Crippen LogP contribution in [0.15, 0.2) is 121 Å². The number of amides is 6. The summed E-state index contributed by atoms with van der Waals surface area (Å²) in [4.78, 5) is 121. The van der Waals surface area contributed by atoms with E-state index in [2.05, 4.69) is 31.6 Å². The molecule has 0 aliphatic carbocycles. The summed E-state index contributed by atoms with van der Waals surface area (Å²) in [5.74, 6) is -12.7. The van der Waals surface area contributed by atoms with Gasteiger partial charge in [0.1, 0.15) is 41.7 Å². The minimum atomic E-state index is -2.07. The normalized spacial score (nSPS) is 18.2. The number of aliphatic carboxylic acids is 1. The SMILES string of the molecule is CN1C(=O)[C@@H](c2cc(Cl)c(O)c(Cl)c2)NC(=O)[C@@H]2NC(=O)[C@@H](c3cc(Cl)c(O)c(Cl)c3)NC(=O)[C@H](NC(=O)C(=O)c3cc(Cl)c(O)c(Cl)c3)Cc3c[nH]c4cc(ccc34)-c3cc2cc(c3O)Oc2ccc(cc2)C[C@@H]1C(=O)N[C@@H](C(=O)O)c1ccc(O)cc1. The number of likely N-dealkylation sites (N-methyl/N-ethyl adjacent to an activating group) is 1. The lowest BCUT2D eigenvalue weighted by Crippen LogP contribution is -2.55. The number of carbonyl (C=O) groups excluding carboxylic acids is 7. The minimum absolute atomic E-state index is 0.00208. The van der Waals surface area contributed by atoms with Crippen LogP contribution in [0.1, 0.15) is 67.9 Å². The van der Waals surface area contributed by atoms with Gasteiger partial charge in [-0.25, -0.2) is 4.79 Å². The van der Waals surface area contributed by atoms with Crippen molar-refractivity contribution >= 4 is 128 Å². The molecule has 456 valence electrons. The fourth-order valence-electron chi connectivity index (χ4n) is 10.2. The molecule has 5 heterocycles. The van der Waals surface area contributed by atoms with Crippen molar-refractivity contribution in [3.8, 4) is 51.4 Å². The number of hydrogen-bond acceptors (Lipinski definition) is 14. The van der Waals surface area contributed by atoms with Gasteiger partial charge < -0.3 is 71.8 Å². The maximum Gasteiger partial charge on any atom is 0.330 e. The minimum Gasteiger partial charge on any atom is -0.508 e. The van der Waals surface area contributed by atoms with Crippen LogP contribution in [0.3, 0.4) is 0 Å². The molecule has 28 heteroatoms. The molecule has 6 amide bonds. The number of aromatic hydroxyl groups is 5. The topological polar surface area (TPSA) is 346 Å². The number of carboxylic acids is 1. The molecule has 0 radical (unpaired) electrons. The third-order valence-electron chi connectivity index (χ3n) is 14.9. The van der Waals surface area contributed by atoms with Gasteiger partial charge in [0.15, 0.2) is 34.8 Å². The van der Waals surface area contributed by atoms with E-state index in [1.54, 1.807) is 18.2 Å². The van der Waals surface area contributed by atoms with E-state index in [-0.39, 0.29) is 72.7 Å². The number of nitrogens with one attached hydrogen (secondary N) is 6. The zero-order valence-corrected chi connectivity index (χ0v) is 50.0. The molecule has 1 aromatic heterocycles. The third kappa shape index (κ3) is 13.0. The summed E-state index contributed by atoms with van der Waals surface area (Å²) in [7, 11) is 1.19. The van der Waals surface area contributed by atoms with E-state index in [0.717, 1.165) is 41.3 Å². The maximum atomic E-state index is 15.8. The molecule has 89 heavy (non-hydrogen) atoms. The molecule has 12 rings (SSSR count). The predicted molar refractivity (Wildman–Crippen MR) is 326 cm³/mol. The van der Waals surface area contributed by atoms with E-state index in [1.807, 2.05) is 0 Å². The number of Topliss-reactive ketones (excluding diaryl/α,β-unsaturated/α-hetero) is 1. The molecule has 0 fully saturated rings. The van der Waals surface area contributed by atoms with Gasteiger partial charge in [0, 0.05) is 48.1 Å². The van der Waals surface area contributed by atoms with Crippen LogP contribution in [0, 0.1) is 0 Å². The van der Waals surface area contributed by atoms with Crippen LogP contribution in [0.4, 0.5) is 0 Å². The van der Waals surface area contributed by atoms with Gasteiger partial charge in [0.05, 0.1) is 30.1 Å². The van der Waals surface area contributed by atoms with E-state index >= 15 is 19.2 Å². The highest BCUT2D eigenvalue weighted by Crippen LogP contribution is 2.44. The molecule has 0 saturated heterocycles. The molecule has 4 aliphatic heterocycles. The summed E-state index contributed by atoms with van der Waals surface area (Å²) in [5.41, 5.74) is 0.449. The van der Waals surface area contributed by atoms with Crippen molar-refractivity contribution in [2.75, 3.05) is 7.05 Å². The zero-order chi connectivity index (χ0) is 64.0. The molecule has 4 aliphatic rings. The third-order valence-corrected chi connectivity index (χ3v) is 16.6. The highest BCUT2D eigenvalue weighted by molar-refractivity contribution is 6.45. The summed E-state index contributed by atoms with van der Waals surface area (Å²) in [6, 6.07) is 13.3. The van der Waals surface area contributed by atoms with Crippen LogP contribution in [-0.2, 0) is 46.4 Å². The molecule has 0 saturated carbocycles. The fraction of sp³-hybridized carbons (Fsp3) is 0.148. The first-order valence-corrected chi connectivity index (χ1v) is 28.6. The van der Waals surface area contributed by atoms with Crippen molar-refractivity contribution in [1.29, 1.82) is 0 Å². The predicted octanol–water partition coefficient (Wildman–Crippen LogP) is 9.20. The number of aromatic nitrogens is 1. The van der Waals surface area contributed by atoms with Gasteiger partial charge in [0.25, 0.3) is 5.91 Å². The Morgan fingerprint density at radius 3 is 1.71 bits per heavy atom. The van der Waals surface area contributed by atoms with Gasteiger partial charge in [0.2, 0.25) is 35.3 Å². The Labute approximate surface area is 532 Å². The van der Waals surface area contributed by atoms with Crippen molar-refractivity contribution in [1.82, 2.24) is 36.5 Å². The zero-order valence-electron chi connectivity index (χ0n) is 45.5. The number of benzene rings is 7. The summed E-state index contributed by atoms with van der Waals surface area (Å²) in [6.07, 6.45) is 0.782. The Hall–Kier alpha value is -9.42. The van der Waals surface area contributed by atoms with Gasteiger partial charge in [-0.2, -0.15) is 0 Å². The second-order valence-corrected chi connectivity index (χ2v) is 23.1. The molecule has 7 aromatic carbocycles. The van der Waals surface area contributed by atoms with Crippen LogP contribution in [0.5, 0.6) is 40.2 Å². The second-order valence-electron chi connectivity index (χ2n) is 20.6. The van der Waals surface area contributed by atoms with Crippen molar-refractivity contribution in [2.24, 2.45) is 0 Å². The van der Waals surface area contributed by atoms with Crippen LogP contribution >= 0.6 is 69.6 Å². The average Bonchev–Trinajstić information content (AvgIpc) is 1.98. The Balaban J connectivity index is 1.15. The molecule has 6 atom stereocenters. The number of hydrogen-bond donors (Lipinski definition) is 12. The van der Waals surface area contributed by atoms with Crippen LogP contribution in [-0.4, -0.2) is 107 Å². The largest absolute Gasteiger partial charge is 0.508 e. The Morgan fingerprint density at radius 1 is 0.607 bits per heavy atom. The Kier molecular flexibility index (Phi) is 17.8. The number of ether oxygens (including phenoxy) is 1. The van der Waals surface area contributed by atoms with Crippen LogP contribution in [0.2, 0.25) is 30.1 Å². The van der Waals surface area contributed by atoms with Crippen LogP contribution in [0.25, 0.3) is 22.0 Å². The molecule has 0 spiro atoms. The average molecular weight is 1330 g/mol. The summed E-state index contributed by atoms with van der Waals surface area (Å²) in [5, 5.41) is 75.0. The number of carbonyl (C=O) groups is 8. The lowest BCUT2D eigenvalue weighted by atomic mass is 9.94. The van der Waals surface area contributed by atoms with E-state index in [1.165, 1.54) is 73.9 Å². The molecule has 9 bridgehead atoms. The fourth-order valence-corrected chi connectivity index (χ4v) is 11.7. The van der Waals surface area contributed by atoms with Gasteiger partial charge in [-0.1, -0.05) is 106 Å². The highest BCUT2D eigenvalue weighted by atomic mass is 35.5. The maximum absolute atomic E-state index is 15.8.